The molecule has 0 bridgehead atoms. The third kappa shape index (κ3) is 1.85. The SMILES string of the molecule is C[C@]12CC[C@H](S)C[C@H]1CC[C@@H]1[C@@H]2CC[C@@]2(C)[C@@]13O[C@@H]3C[C@]2(O)c1ccoc1. The van der Waals surface area contributed by atoms with Crippen molar-refractivity contribution >= 4 is 12.6 Å². The van der Waals surface area contributed by atoms with E-state index < -0.39 is 5.60 Å². The monoisotopic (exact) mass is 388 g/mol. The zero-order valence-electron chi connectivity index (χ0n) is 16.5. The predicted octanol–water partition coefficient (Wildman–Crippen LogP) is 4.94. The molecule has 0 radical (unpaired) electrons. The van der Waals surface area contributed by atoms with Crippen LogP contribution in [0.1, 0.15) is 70.8 Å². The fourth-order valence-corrected chi connectivity index (χ4v) is 9.02. The molecule has 1 saturated heterocycles. The van der Waals surface area contributed by atoms with Crippen molar-refractivity contribution in [2.45, 2.75) is 87.8 Å². The third-order valence-electron chi connectivity index (χ3n) is 10.2. The number of rotatable bonds is 1. The molecule has 5 aliphatic rings. The van der Waals surface area contributed by atoms with Gasteiger partial charge in [0, 0.05) is 22.6 Å². The summed E-state index contributed by atoms with van der Waals surface area (Å²) in [7, 11) is 0. The van der Waals surface area contributed by atoms with Gasteiger partial charge in [-0.1, -0.05) is 13.8 Å². The number of hydrogen-bond acceptors (Lipinski definition) is 4. The molecule has 4 aliphatic carbocycles. The van der Waals surface area contributed by atoms with Crippen molar-refractivity contribution in [1.82, 2.24) is 0 Å². The van der Waals surface area contributed by atoms with Crippen LogP contribution in [-0.2, 0) is 10.3 Å². The highest BCUT2D eigenvalue weighted by Crippen LogP contribution is 2.79. The predicted molar refractivity (Wildman–Crippen MR) is 107 cm³/mol. The number of fused-ring (bicyclic) bond motifs is 3. The summed E-state index contributed by atoms with van der Waals surface area (Å²) >= 11 is 4.82. The Morgan fingerprint density at radius 2 is 1.96 bits per heavy atom. The highest BCUT2D eigenvalue weighted by Gasteiger charge is 2.84. The van der Waals surface area contributed by atoms with Gasteiger partial charge in [-0.05, 0) is 74.2 Å². The lowest BCUT2D eigenvalue weighted by Gasteiger charge is -2.61. The van der Waals surface area contributed by atoms with Crippen molar-refractivity contribution in [3.05, 3.63) is 24.2 Å². The van der Waals surface area contributed by atoms with Gasteiger partial charge in [0.15, 0.2) is 0 Å². The molecule has 4 heteroatoms. The Morgan fingerprint density at radius 3 is 2.74 bits per heavy atom. The highest BCUT2D eigenvalue weighted by molar-refractivity contribution is 7.80. The summed E-state index contributed by atoms with van der Waals surface area (Å²) in [6.45, 7) is 4.88. The van der Waals surface area contributed by atoms with Gasteiger partial charge in [0.2, 0.25) is 0 Å². The second-order valence-corrected chi connectivity index (χ2v) is 11.5. The van der Waals surface area contributed by atoms with Crippen molar-refractivity contribution in [2.75, 3.05) is 0 Å². The van der Waals surface area contributed by atoms with Crippen molar-refractivity contribution in [1.29, 1.82) is 0 Å². The molecule has 9 atom stereocenters. The fraction of sp³-hybridized carbons (Fsp3) is 0.826. The minimum atomic E-state index is -0.811. The number of furan rings is 1. The van der Waals surface area contributed by atoms with Crippen LogP contribution in [0.15, 0.2) is 23.0 Å². The van der Waals surface area contributed by atoms with E-state index in [1.807, 2.05) is 6.07 Å². The Bertz CT molecular complexity index is 764. The third-order valence-corrected chi connectivity index (χ3v) is 10.7. The maximum absolute atomic E-state index is 11.9. The molecule has 27 heavy (non-hydrogen) atoms. The smallest absolute Gasteiger partial charge is 0.106 e. The molecule has 5 fully saturated rings. The van der Waals surface area contributed by atoms with Gasteiger partial charge in [0.1, 0.15) is 11.2 Å². The van der Waals surface area contributed by atoms with Crippen LogP contribution in [-0.4, -0.2) is 22.1 Å². The summed E-state index contributed by atoms with van der Waals surface area (Å²) < 4.78 is 11.9. The fourth-order valence-electron chi connectivity index (χ4n) is 8.63. The van der Waals surface area contributed by atoms with E-state index in [2.05, 4.69) is 13.8 Å². The molecule has 0 aromatic carbocycles. The second-order valence-electron chi connectivity index (χ2n) is 10.8. The van der Waals surface area contributed by atoms with Crippen molar-refractivity contribution < 1.29 is 14.3 Å². The van der Waals surface area contributed by atoms with Crippen LogP contribution in [0.2, 0.25) is 0 Å². The van der Waals surface area contributed by atoms with Crippen molar-refractivity contribution in [3.8, 4) is 0 Å². The number of thiol groups is 1. The van der Waals surface area contributed by atoms with Crippen molar-refractivity contribution in [3.63, 3.8) is 0 Å². The van der Waals surface area contributed by atoms with Crippen LogP contribution >= 0.6 is 12.6 Å². The van der Waals surface area contributed by atoms with Gasteiger partial charge in [-0.3, -0.25) is 0 Å². The first kappa shape index (κ1) is 17.4. The van der Waals surface area contributed by atoms with Crippen LogP contribution in [0.5, 0.6) is 0 Å². The molecule has 0 unspecified atom stereocenters. The molecule has 1 spiro atoms. The average Bonchev–Trinajstić information content (AvgIpc) is 3.03. The second kappa shape index (κ2) is 5.17. The first-order valence-corrected chi connectivity index (χ1v) is 11.5. The molecule has 148 valence electrons. The maximum atomic E-state index is 11.9. The van der Waals surface area contributed by atoms with Gasteiger partial charge in [0.05, 0.1) is 18.6 Å². The zero-order valence-corrected chi connectivity index (χ0v) is 17.4. The minimum absolute atomic E-state index is 0.117. The van der Waals surface area contributed by atoms with E-state index in [1.165, 1.54) is 38.5 Å². The van der Waals surface area contributed by atoms with E-state index >= 15 is 0 Å². The number of hydrogen-bond donors (Lipinski definition) is 2. The standard InChI is InChI=1S/C23H32O3S/c1-20-8-5-16(27)11-14(20)3-4-18-17(20)6-9-21(2)22(24,15-7-10-25-13-15)12-19-23(18,21)26-19/h7,10,13-14,16-19,24,27H,3-6,8-9,11-12H2,1-2H3/t14-,16+,17+,18-,19-,20+,21-,22+,23-/m1/s1. The molecule has 1 N–H and O–H groups in total. The van der Waals surface area contributed by atoms with E-state index in [0.717, 1.165) is 30.2 Å². The maximum Gasteiger partial charge on any atom is 0.106 e. The molecule has 4 saturated carbocycles. The summed E-state index contributed by atoms with van der Waals surface area (Å²) in [5.74, 6) is 2.16. The van der Waals surface area contributed by atoms with Crippen molar-refractivity contribution in [2.24, 2.45) is 28.6 Å². The average molecular weight is 389 g/mol. The zero-order chi connectivity index (χ0) is 18.7. The van der Waals surface area contributed by atoms with Gasteiger partial charge in [-0.25, -0.2) is 0 Å². The van der Waals surface area contributed by atoms with Crippen LogP contribution in [0.3, 0.4) is 0 Å². The van der Waals surface area contributed by atoms with Gasteiger partial charge >= 0.3 is 0 Å². The van der Waals surface area contributed by atoms with Crippen LogP contribution in [0, 0.1) is 28.6 Å². The molecule has 2 heterocycles. The first-order valence-electron chi connectivity index (χ1n) is 11.0. The van der Waals surface area contributed by atoms with E-state index in [1.54, 1.807) is 12.5 Å². The Kier molecular flexibility index (Phi) is 3.34. The van der Waals surface area contributed by atoms with Crippen LogP contribution in [0.4, 0.5) is 0 Å². The lowest BCUT2D eigenvalue weighted by atomic mass is 9.43. The summed E-state index contributed by atoms with van der Waals surface area (Å²) in [6.07, 6.45) is 13.1. The van der Waals surface area contributed by atoms with E-state index in [0.29, 0.717) is 16.6 Å². The van der Waals surface area contributed by atoms with Crippen LogP contribution < -0.4 is 0 Å². The van der Waals surface area contributed by atoms with Gasteiger partial charge in [-0.2, -0.15) is 12.6 Å². The first-order chi connectivity index (χ1) is 12.9. The molecule has 1 aliphatic heterocycles. The minimum Gasteiger partial charge on any atom is -0.472 e. The number of epoxide rings is 1. The largest absolute Gasteiger partial charge is 0.472 e. The van der Waals surface area contributed by atoms with Gasteiger partial charge < -0.3 is 14.3 Å². The lowest BCUT2D eigenvalue weighted by molar-refractivity contribution is -0.189. The normalized spacial score (nSPS) is 58.7. The Labute approximate surface area is 167 Å². The molecule has 1 aromatic rings. The summed E-state index contributed by atoms with van der Waals surface area (Å²) in [5, 5.41) is 12.5. The number of ether oxygens (including phenoxy) is 1. The molecule has 0 amide bonds. The summed E-state index contributed by atoms with van der Waals surface area (Å²) in [6, 6.07) is 1.96. The highest BCUT2D eigenvalue weighted by atomic mass is 32.1. The lowest BCUT2D eigenvalue weighted by Crippen LogP contribution is -2.61. The summed E-state index contributed by atoms with van der Waals surface area (Å²) in [5.41, 5.74) is 0.251. The molecule has 1 aromatic heterocycles. The molecular formula is C23H32O3S. The molecule has 6 rings (SSSR count). The van der Waals surface area contributed by atoms with Gasteiger partial charge in [-0.15, -0.1) is 0 Å². The van der Waals surface area contributed by atoms with E-state index in [4.69, 9.17) is 21.8 Å². The Balaban J connectivity index is 1.40. The van der Waals surface area contributed by atoms with E-state index in [-0.39, 0.29) is 17.1 Å². The topological polar surface area (TPSA) is 45.9 Å². The molecular weight excluding hydrogens is 356 g/mol. The Hall–Kier alpha value is -0.450. The Morgan fingerprint density at radius 1 is 1.11 bits per heavy atom. The van der Waals surface area contributed by atoms with Crippen LogP contribution in [0.25, 0.3) is 0 Å². The van der Waals surface area contributed by atoms with Gasteiger partial charge in [0.25, 0.3) is 0 Å². The van der Waals surface area contributed by atoms with E-state index in [9.17, 15) is 5.11 Å². The number of aliphatic hydroxyl groups is 1. The summed E-state index contributed by atoms with van der Waals surface area (Å²) in [4.78, 5) is 0. The molecule has 3 nitrogen and oxygen atoms in total. The quantitative estimate of drug-likeness (QED) is 0.529.